The first-order chi connectivity index (χ1) is 6.50. The Labute approximate surface area is 90.8 Å². The van der Waals surface area contributed by atoms with Crippen LogP contribution in [0.25, 0.3) is 0 Å². The number of amides is 1. The molecule has 0 aliphatic heterocycles. The van der Waals surface area contributed by atoms with E-state index >= 15 is 0 Å². The molecule has 0 saturated carbocycles. The van der Waals surface area contributed by atoms with Crippen LogP contribution in [0.2, 0.25) is 0 Å². The molecular weight excluding hydrogens is 249 g/mol. The maximum Gasteiger partial charge on any atom is 0.219 e. The van der Waals surface area contributed by atoms with Crippen LogP contribution >= 0.6 is 15.9 Å². The smallest absolute Gasteiger partial charge is 0.219 e. The molecule has 4 heteroatoms. The summed E-state index contributed by atoms with van der Waals surface area (Å²) in [4.78, 5) is 12.5. The molecule has 0 aliphatic carbocycles. The molecule has 1 aromatic carbocycles. The van der Waals surface area contributed by atoms with Crippen molar-refractivity contribution in [2.24, 2.45) is 0 Å². The molecule has 0 atom stereocenters. The van der Waals surface area contributed by atoms with Crippen LogP contribution in [0.15, 0.2) is 22.7 Å². The first kappa shape index (κ1) is 11.2. The number of nitrogens with zero attached hydrogens (tertiary/aromatic N) is 1. The third kappa shape index (κ3) is 2.80. The van der Waals surface area contributed by atoms with Gasteiger partial charge in [0.1, 0.15) is 5.82 Å². The molecule has 0 saturated heterocycles. The van der Waals surface area contributed by atoms with Crippen molar-refractivity contribution in [2.75, 3.05) is 7.05 Å². The van der Waals surface area contributed by atoms with Crippen LogP contribution in [0, 0.1) is 5.82 Å². The minimum Gasteiger partial charge on any atom is -0.342 e. The third-order valence-electron chi connectivity index (χ3n) is 1.94. The lowest BCUT2D eigenvalue weighted by Crippen LogP contribution is -2.22. The second kappa shape index (κ2) is 4.55. The van der Waals surface area contributed by atoms with E-state index < -0.39 is 0 Å². The lowest BCUT2D eigenvalue weighted by Gasteiger charge is -2.14. The zero-order chi connectivity index (χ0) is 10.7. The molecule has 76 valence electrons. The Kier molecular flexibility index (Phi) is 3.63. The Morgan fingerprint density at radius 3 is 2.71 bits per heavy atom. The summed E-state index contributed by atoms with van der Waals surface area (Å²) < 4.78 is 13.3. The molecule has 14 heavy (non-hydrogen) atoms. The molecule has 0 aromatic heterocycles. The van der Waals surface area contributed by atoms with E-state index in [9.17, 15) is 9.18 Å². The Morgan fingerprint density at radius 1 is 1.57 bits per heavy atom. The number of carbonyl (C=O) groups is 1. The summed E-state index contributed by atoms with van der Waals surface area (Å²) in [6, 6.07) is 4.72. The van der Waals surface area contributed by atoms with Crippen molar-refractivity contribution in [1.82, 2.24) is 4.90 Å². The number of benzene rings is 1. The number of halogens is 2. The highest BCUT2D eigenvalue weighted by Crippen LogP contribution is 2.17. The van der Waals surface area contributed by atoms with Crippen LogP contribution < -0.4 is 0 Å². The van der Waals surface area contributed by atoms with Crippen LogP contribution in [0.1, 0.15) is 12.5 Å². The topological polar surface area (TPSA) is 20.3 Å². The van der Waals surface area contributed by atoms with E-state index in [4.69, 9.17) is 0 Å². The summed E-state index contributed by atoms with van der Waals surface area (Å²) in [6.07, 6.45) is 0. The van der Waals surface area contributed by atoms with Gasteiger partial charge in [0.2, 0.25) is 5.91 Å². The molecule has 0 radical (unpaired) electrons. The number of carbonyl (C=O) groups excluding carboxylic acids is 1. The quantitative estimate of drug-likeness (QED) is 0.800. The summed E-state index contributed by atoms with van der Waals surface area (Å²) >= 11 is 3.09. The molecule has 0 fully saturated rings. The van der Waals surface area contributed by atoms with Gasteiger partial charge in [0.05, 0.1) is 4.47 Å². The van der Waals surface area contributed by atoms with Gasteiger partial charge in [-0.05, 0) is 33.6 Å². The van der Waals surface area contributed by atoms with E-state index in [0.29, 0.717) is 11.0 Å². The van der Waals surface area contributed by atoms with Crippen molar-refractivity contribution < 1.29 is 9.18 Å². The predicted octanol–water partition coefficient (Wildman–Crippen LogP) is 2.57. The van der Waals surface area contributed by atoms with Crippen LogP contribution in [0.3, 0.4) is 0 Å². The Morgan fingerprint density at radius 2 is 2.21 bits per heavy atom. The highest BCUT2D eigenvalue weighted by Gasteiger charge is 2.05. The van der Waals surface area contributed by atoms with E-state index in [1.54, 1.807) is 24.1 Å². The number of rotatable bonds is 2. The molecular formula is C10H11BrFNO. The molecule has 0 heterocycles. The molecule has 2 nitrogen and oxygen atoms in total. The first-order valence-corrected chi connectivity index (χ1v) is 4.95. The van der Waals surface area contributed by atoms with Gasteiger partial charge in [0, 0.05) is 20.5 Å². The van der Waals surface area contributed by atoms with Crippen LogP contribution in [0.5, 0.6) is 0 Å². The summed E-state index contributed by atoms with van der Waals surface area (Å²) in [5, 5.41) is 0. The van der Waals surface area contributed by atoms with Gasteiger partial charge in [0.15, 0.2) is 0 Å². The van der Waals surface area contributed by atoms with E-state index in [-0.39, 0.29) is 11.7 Å². The average molecular weight is 260 g/mol. The van der Waals surface area contributed by atoms with Gasteiger partial charge in [0.25, 0.3) is 0 Å². The second-order valence-corrected chi connectivity index (χ2v) is 3.98. The molecule has 0 unspecified atom stereocenters. The summed E-state index contributed by atoms with van der Waals surface area (Å²) in [6.45, 7) is 1.99. The standard InChI is InChI=1S/C10H11BrFNO/c1-7(14)13(2)6-8-3-4-10(12)9(11)5-8/h3-5H,6H2,1-2H3. The van der Waals surface area contributed by atoms with E-state index in [1.165, 1.54) is 13.0 Å². The van der Waals surface area contributed by atoms with Gasteiger partial charge in [-0.1, -0.05) is 6.07 Å². The average Bonchev–Trinajstić information content (AvgIpc) is 2.11. The van der Waals surface area contributed by atoms with Gasteiger partial charge in [-0.15, -0.1) is 0 Å². The summed E-state index contributed by atoms with van der Waals surface area (Å²) in [5.41, 5.74) is 0.899. The SMILES string of the molecule is CC(=O)N(C)Cc1ccc(F)c(Br)c1. The number of hydrogen-bond acceptors (Lipinski definition) is 1. The minimum absolute atomic E-state index is 0.00884. The van der Waals surface area contributed by atoms with Crippen molar-refractivity contribution in [3.63, 3.8) is 0 Å². The molecule has 1 aromatic rings. The maximum absolute atomic E-state index is 12.9. The number of hydrogen-bond donors (Lipinski definition) is 0. The third-order valence-corrected chi connectivity index (χ3v) is 2.55. The fourth-order valence-electron chi connectivity index (χ4n) is 1.02. The van der Waals surface area contributed by atoms with Crippen molar-refractivity contribution in [3.05, 3.63) is 34.1 Å². The summed E-state index contributed by atoms with van der Waals surface area (Å²) in [7, 11) is 1.71. The minimum atomic E-state index is -0.292. The second-order valence-electron chi connectivity index (χ2n) is 3.12. The van der Waals surface area contributed by atoms with Gasteiger partial charge in [-0.25, -0.2) is 4.39 Å². The molecule has 0 spiro atoms. The fraction of sp³-hybridized carbons (Fsp3) is 0.300. The maximum atomic E-state index is 12.9. The normalized spacial score (nSPS) is 10.0. The molecule has 1 rings (SSSR count). The van der Waals surface area contributed by atoms with Gasteiger partial charge >= 0.3 is 0 Å². The van der Waals surface area contributed by atoms with Crippen molar-refractivity contribution in [3.8, 4) is 0 Å². The van der Waals surface area contributed by atoms with E-state index in [2.05, 4.69) is 15.9 Å². The van der Waals surface area contributed by atoms with E-state index in [1.807, 2.05) is 0 Å². The molecule has 1 amide bonds. The van der Waals surface area contributed by atoms with Crippen LogP contribution in [-0.4, -0.2) is 17.9 Å². The molecule has 0 N–H and O–H groups in total. The van der Waals surface area contributed by atoms with E-state index in [0.717, 1.165) is 5.56 Å². The van der Waals surface area contributed by atoms with Gasteiger partial charge < -0.3 is 4.90 Å². The van der Waals surface area contributed by atoms with Crippen LogP contribution in [-0.2, 0) is 11.3 Å². The zero-order valence-electron chi connectivity index (χ0n) is 8.05. The van der Waals surface area contributed by atoms with Crippen LogP contribution in [0.4, 0.5) is 4.39 Å². The monoisotopic (exact) mass is 259 g/mol. The lowest BCUT2D eigenvalue weighted by atomic mass is 10.2. The van der Waals surface area contributed by atoms with Gasteiger partial charge in [-0.2, -0.15) is 0 Å². The van der Waals surface area contributed by atoms with Crippen molar-refractivity contribution in [2.45, 2.75) is 13.5 Å². The van der Waals surface area contributed by atoms with Gasteiger partial charge in [-0.3, -0.25) is 4.79 Å². The Hall–Kier alpha value is -0.900. The predicted molar refractivity (Wildman–Crippen MR) is 56.2 cm³/mol. The highest BCUT2D eigenvalue weighted by atomic mass is 79.9. The Bertz CT molecular complexity index is 354. The molecule has 0 bridgehead atoms. The summed E-state index contributed by atoms with van der Waals surface area (Å²) in [5.74, 6) is -0.301. The highest BCUT2D eigenvalue weighted by molar-refractivity contribution is 9.10. The lowest BCUT2D eigenvalue weighted by molar-refractivity contribution is -0.128. The first-order valence-electron chi connectivity index (χ1n) is 4.16. The van der Waals surface area contributed by atoms with Crippen molar-refractivity contribution >= 4 is 21.8 Å². The van der Waals surface area contributed by atoms with Crippen molar-refractivity contribution in [1.29, 1.82) is 0 Å². The largest absolute Gasteiger partial charge is 0.342 e. The molecule has 0 aliphatic rings. The Balaban J connectivity index is 2.78. The zero-order valence-corrected chi connectivity index (χ0v) is 9.64. The fourth-order valence-corrected chi connectivity index (χ4v) is 1.45.